The van der Waals surface area contributed by atoms with Crippen LogP contribution in [0.4, 0.5) is 0 Å². The highest BCUT2D eigenvalue weighted by Crippen LogP contribution is 2.14. The topological polar surface area (TPSA) is 96.4 Å². The maximum Gasteiger partial charge on any atom is 0.242 e. The third-order valence-electron chi connectivity index (χ3n) is 3.05. The normalized spacial score (nSPS) is 22.3. The highest BCUT2D eigenvalue weighted by molar-refractivity contribution is 7.89. The highest BCUT2D eigenvalue weighted by Gasteiger charge is 2.24. The van der Waals surface area contributed by atoms with E-state index in [9.17, 15) is 12.6 Å². The first-order valence-corrected chi connectivity index (χ1v) is 9.40. The number of aliphatic hydroxyl groups is 1. The summed E-state index contributed by atoms with van der Waals surface area (Å²) < 4.78 is 38.5. The molecule has 0 spiro atoms. The zero-order valence-electron chi connectivity index (χ0n) is 11.3. The van der Waals surface area contributed by atoms with Crippen LogP contribution in [0.2, 0.25) is 0 Å². The Hall–Kier alpha value is -1.27. The molecule has 8 heteroatoms. The van der Waals surface area contributed by atoms with Crippen LogP contribution in [0.1, 0.15) is 18.4 Å². The Labute approximate surface area is 126 Å². The number of hydrogen-bond acceptors (Lipinski definition) is 5. The van der Waals surface area contributed by atoms with Crippen LogP contribution >= 0.6 is 0 Å². The van der Waals surface area contributed by atoms with Gasteiger partial charge < -0.3 is 5.11 Å². The summed E-state index contributed by atoms with van der Waals surface area (Å²) in [4.78, 5) is 3.90. The molecule has 2 heterocycles. The molecule has 0 amide bonds. The Kier molecular flexibility index (Phi) is 5.47. The van der Waals surface area contributed by atoms with Gasteiger partial charge in [-0.1, -0.05) is 11.8 Å². The first-order chi connectivity index (χ1) is 10.0. The summed E-state index contributed by atoms with van der Waals surface area (Å²) >= 11 is 0. The van der Waals surface area contributed by atoms with Gasteiger partial charge in [0.05, 0.1) is 0 Å². The number of pyridine rings is 1. The van der Waals surface area contributed by atoms with Gasteiger partial charge in [0.15, 0.2) is 0 Å². The maximum absolute atomic E-state index is 12.3. The van der Waals surface area contributed by atoms with Gasteiger partial charge in [0.2, 0.25) is 10.0 Å². The van der Waals surface area contributed by atoms with Crippen molar-refractivity contribution in [1.29, 1.82) is 0 Å². The first kappa shape index (κ1) is 16.1. The van der Waals surface area contributed by atoms with E-state index in [1.807, 2.05) is 0 Å². The molecule has 1 aromatic rings. The van der Waals surface area contributed by atoms with Crippen LogP contribution in [-0.2, 0) is 20.8 Å². The van der Waals surface area contributed by atoms with Crippen molar-refractivity contribution >= 4 is 20.8 Å². The molecular formula is C13H16N2O4S2. The molecule has 0 atom stereocenters. The summed E-state index contributed by atoms with van der Waals surface area (Å²) in [6.07, 6.45) is 3.84. The maximum atomic E-state index is 12.3. The Balaban J connectivity index is 2.14. The van der Waals surface area contributed by atoms with Gasteiger partial charge in [0.25, 0.3) is 0 Å². The van der Waals surface area contributed by atoms with Gasteiger partial charge in [-0.25, -0.2) is 13.1 Å². The van der Waals surface area contributed by atoms with Crippen molar-refractivity contribution in [2.24, 2.45) is 0 Å². The van der Waals surface area contributed by atoms with Crippen LogP contribution in [0.3, 0.4) is 0 Å². The van der Waals surface area contributed by atoms with Crippen LogP contribution in [-0.4, -0.2) is 46.9 Å². The highest BCUT2D eigenvalue weighted by atomic mass is 32.2. The van der Waals surface area contributed by atoms with E-state index in [0.717, 1.165) is 0 Å². The quantitative estimate of drug-likeness (QED) is 0.737. The molecule has 0 bridgehead atoms. The first-order valence-electron chi connectivity index (χ1n) is 6.43. The van der Waals surface area contributed by atoms with Crippen molar-refractivity contribution in [2.75, 3.05) is 18.1 Å². The second-order valence-corrected chi connectivity index (χ2v) is 8.02. The van der Waals surface area contributed by atoms with Crippen molar-refractivity contribution in [3.63, 3.8) is 0 Å². The lowest BCUT2D eigenvalue weighted by atomic mass is 10.2. The number of aliphatic hydroxyl groups excluding tert-OH is 1. The Morgan fingerprint density at radius 1 is 1.38 bits per heavy atom. The van der Waals surface area contributed by atoms with Crippen LogP contribution in [0.5, 0.6) is 0 Å². The number of nitrogens with zero attached hydrogens (tertiary/aromatic N) is 1. The number of rotatable bonds is 3. The lowest BCUT2D eigenvalue weighted by molar-refractivity contribution is 0.350. The molecule has 1 aliphatic rings. The van der Waals surface area contributed by atoms with Crippen molar-refractivity contribution < 1.29 is 17.7 Å². The van der Waals surface area contributed by atoms with E-state index in [2.05, 4.69) is 21.5 Å². The monoisotopic (exact) mass is 328 g/mol. The molecule has 0 unspecified atom stereocenters. The number of hydrogen-bond donors (Lipinski definition) is 2. The second-order valence-electron chi connectivity index (χ2n) is 4.61. The zero-order valence-corrected chi connectivity index (χ0v) is 12.9. The van der Waals surface area contributed by atoms with Crippen LogP contribution < -0.4 is 4.72 Å². The fraction of sp³-hybridized carbons (Fsp3) is 0.462. The van der Waals surface area contributed by atoms with Crippen molar-refractivity contribution in [3.05, 3.63) is 24.0 Å². The van der Waals surface area contributed by atoms with E-state index in [4.69, 9.17) is 5.11 Å². The summed E-state index contributed by atoms with van der Waals surface area (Å²) in [7, 11) is -4.50. The minimum Gasteiger partial charge on any atom is -0.384 e. The molecule has 0 radical (unpaired) electrons. The number of sulfonamides is 1. The Bertz CT molecular complexity index is 682. The molecule has 1 aromatic heterocycles. The Morgan fingerprint density at radius 2 is 2.10 bits per heavy atom. The lowest BCUT2D eigenvalue weighted by Gasteiger charge is -2.22. The Morgan fingerprint density at radius 3 is 2.76 bits per heavy atom. The average Bonchev–Trinajstić information content (AvgIpc) is 2.48. The van der Waals surface area contributed by atoms with Crippen molar-refractivity contribution in [1.82, 2.24) is 9.71 Å². The fourth-order valence-electron chi connectivity index (χ4n) is 1.97. The summed E-state index contributed by atoms with van der Waals surface area (Å²) in [5, 5.41) is 8.65. The van der Waals surface area contributed by atoms with Crippen LogP contribution in [0.25, 0.3) is 0 Å². The molecule has 0 saturated carbocycles. The molecule has 2 rings (SSSR count). The number of aromatic nitrogens is 1. The molecule has 0 aliphatic carbocycles. The SMILES string of the molecule is O=S1CCC(NS(=O)(=O)c2cncc(C#CCO)c2)CC1. The van der Waals surface area contributed by atoms with E-state index >= 15 is 0 Å². The van der Waals surface area contributed by atoms with Gasteiger partial charge in [0.1, 0.15) is 11.5 Å². The number of nitrogens with one attached hydrogen (secondary N) is 1. The van der Waals surface area contributed by atoms with E-state index in [1.165, 1.54) is 18.5 Å². The minimum atomic E-state index is -3.67. The molecule has 21 heavy (non-hydrogen) atoms. The smallest absolute Gasteiger partial charge is 0.242 e. The van der Waals surface area contributed by atoms with Crippen LogP contribution in [0.15, 0.2) is 23.4 Å². The summed E-state index contributed by atoms with van der Waals surface area (Å²) in [6, 6.07) is 1.22. The summed E-state index contributed by atoms with van der Waals surface area (Å²) in [5.74, 6) is 6.11. The van der Waals surface area contributed by atoms with Crippen LogP contribution in [0, 0.1) is 11.8 Å². The molecular weight excluding hydrogens is 312 g/mol. The molecule has 114 valence electrons. The van der Waals surface area contributed by atoms with Gasteiger partial charge in [-0.15, -0.1) is 0 Å². The van der Waals surface area contributed by atoms with Gasteiger partial charge in [-0.2, -0.15) is 0 Å². The van der Waals surface area contributed by atoms with Crippen molar-refractivity contribution in [2.45, 2.75) is 23.8 Å². The molecule has 1 fully saturated rings. The molecule has 0 aromatic carbocycles. The van der Waals surface area contributed by atoms with Gasteiger partial charge in [-0.05, 0) is 18.9 Å². The lowest BCUT2D eigenvalue weighted by Crippen LogP contribution is -2.39. The van der Waals surface area contributed by atoms with E-state index in [1.54, 1.807) is 0 Å². The van der Waals surface area contributed by atoms with Crippen molar-refractivity contribution in [3.8, 4) is 11.8 Å². The standard InChI is InChI=1S/C13H16N2O4S2/c16-5-1-2-11-8-13(10-14-9-11)21(18,19)15-12-3-6-20(17)7-4-12/h8-10,12,15-16H,3-7H2. The molecule has 6 nitrogen and oxygen atoms in total. The predicted octanol–water partition coefficient (Wildman–Crippen LogP) is -0.385. The average molecular weight is 328 g/mol. The largest absolute Gasteiger partial charge is 0.384 e. The predicted molar refractivity (Wildman–Crippen MR) is 79.4 cm³/mol. The van der Waals surface area contributed by atoms with E-state index < -0.39 is 20.8 Å². The van der Waals surface area contributed by atoms with Gasteiger partial charge in [-0.3, -0.25) is 9.19 Å². The molecule has 2 N–H and O–H groups in total. The summed E-state index contributed by atoms with van der Waals surface area (Å²) in [6.45, 7) is -0.297. The minimum absolute atomic E-state index is 0.0407. The van der Waals surface area contributed by atoms with Gasteiger partial charge in [0, 0.05) is 46.3 Å². The van der Waals surface area contributed by atoms with E-state index in [-0.39, 0.29) is 17.5 Å². The molecule has 1 aliphatic heterocycles. The third-order valence-corrected chi connectivity index (χ3v) is 5.91. The second kappa shape index (κ2) is 7.13. The van der Waals surface area contributed by atoms with E-state index in [0.29, 0.717) is 29.9 Å². The summed E-state index contributed by atoms with van der Waals surface area (Å²) in [5.41, 5.74) is 0.427. The third kappa shape index (κ3) is 4.61. The molecule has 1 saturated heterocycles. The fourth-order valence-corrected chi connectivity index (χ4v) is 4.57. The van der Waals surface area contributed by atoms with Gasteiger partial charge >= 0.3 is 0 Å². The zero-order chi connectivity index (χ0) is 15.3.